The second kappa shape index (κ2) is 7.23. The Labute approximate surface area is 124 Å². The standard InChI is InChI=1S/C15H30N2O2S/c1-15(8-3-2-4-9-15)13-17-20(18,19)12-7-14-5-10-16-11-6-14/h14,16-17H,2-13H2,1H3. The largest absolute Gasteiger partial charge is 0.317 e. The van der Waals surface area contributed by atoms with Crippen LogP contribution in [0.3, 0.4) is 0 Å². The van der Waals surface area contributed by atoms with Crippen molar-refractivity contribution < 1.29 is 8.42 Å². The normalized spacial score (nSPS) is 24.6. The maximum atomic E-state index is 12.1. The molecular weight excluding hydrogens is 272 g/mol. The highest BCUT2D eigenvalue weighted by Gasteiger charge is 2.28. The van der Waals surface area contributed by atoms with Gasteiger partial charge in [0.25, 0.3) is 0 Å². The van der Waals surface area contributed by atoms with Gasteiger partial charge in [0.1, 0.15) is 0 Å². The highest BCUT2D eigenvalue weighted by molar-refractivity contribution is 7.89. The van der Waals surface area contributed by atoms with E-state index >= 15 is 0 Å². The summed E-state index contributed by atoms with van der Waals surface area (Å²) in [5.41, 5.74) is 0.181. The predicted octanol–water partition coefficient (Wildman–Crippen LogP) is 2.27. The number of nitrogens with one attached hydrogen (secondary N) is 2. The minimum Gasteiger partial charge on any atom is -0.317 e. The fraction of sp³-hybridized carbons (Fsp3) is 1.00. The van der Waals surface area contributed by atoms with Crippen LogP contribution in [0, 0.1) is 11.3 Å². The van der Waals surface area contributed by atoms with Gasteiger partial charge in [0.2, 0.25) is 10.0 Å². The first-order chi connectivity index (χ1) is 9.49. The van der Waals surface area contributed by atoms with Crippen LogP contribution in [0.4, 0.5) is 0 Å². The number of hydrogen-bond donors (Lipinski definition) is 2. The molecule has 1 heterocycles. The lowest BCUT2D eigenvalue weighted by atomic mass is 9.76. The maximum absolute atomic E-state index is 12.1. The lowest BCUT2D eigenvalue weighted by Crippen LogP contribution is -2.38. The van der Waals surface area contributed by atoms with Gasteiger partial charge in [0, 0.05) is 6.54 Å². The summed E-state index contributed by atoms with van der Waals surface area (Å²) in [5, 5.41) is 3.32. The van der Waals surface area contributed by atoms with E-state index in [1.807, 2.05) is 0 Å². The van der Waals surface area contributed by atoms with Gasteiger partial charge in [-0.05, 0) is 56.5 Å². The SMILES string of the molecule is CC1(CNS(=O)(=O)CCC2CCNCC2)CCCCC1. The Kier molecular flexibility index (Phi) is 5.87. The van der Waals surface area contributed by atoms with Crippen molar-refractivity contribution >= 4 is 10.0 Å². The van der Waals surface area contributed by atoms with E-state index in [-0.39, 0.29) is 5.41 Å². The number of piperidine rings is 1. The van der Waals surface area contributed by atoms with Crippen LogP contribution in [-0.4, -0.2) is 33.8 Å². The van der Waals surface area contributed by atoms with E-state index in [0.717, 1.165) is 45.2 Å². The number of rotatable bonds is 6. The number of hydrogen-bond acceptors (Lipinski definition) is 3. The maximum Gasteiger partial charge on any atom is 0.211 e. The third kappa shape index (κ3) is 5.34. The molecule has 0 radical (unpaired) electrons. The van der Waals surface area contributed by atoms with Gasteiger partial charge in [-0.25, -0.2) is 13.1 Å². The minimum absolute atomic E-state index is 0.181. The molecule has 0 atom stereocenters. The Morgan fingerprint density at radius 3 is 2.45 bits per heavy atom. The molecule has 20 heavy (non-hydrogen) atoms. The third-order valence-corrected chi connectivity index (χ3v) is 6.39. The second-order valence-electron chi connectivity index (χ2n) is 6.99. The van der Waals surface area contributed by atoms with Crippen LogP contribution < -0.4 is 10.0 Å². The van der Waals surface area contributed by atoms with E-state index in [9.17, 15) is 8.42 Å². The molecule has 2 N–H and O–H groups in total. The Morgan fingerprint density at radius 2 is 1.80 bits per heavy atom. The molecule has 2 fully saturated rings. The highest BCUT2D eigenvalue weighted by atomic mass is 32.2. The molecule has 1 aliphatic carbocycles. The highest BCUT2D eigenvalue weighted by Crippen LogP contribution is 2.35. The van der Waals surface area contributed by atoms with Crippen LogP contribution in [0.25, 0.3) is 0 Å². The monoisotopic (exact) mass is 302 g/mol. The Morgan fingerprint density at radius 1 is 1.15 bits per heavy atom. The van der Waals surface area contributed by atoms with Gasteiger partial charge in [-0.3, -0.25) is 0 Å². The summed E-state index contributed by atoms with van der Waals surface area (Å²) in [6.07, 6.45) is 9.15. The summed E-state index contributed by atoms with van der Waals surface area (Å²) in [5.74, 6) is 0.881. The summed E-state index contributed by atoms with van der Waals surface area (Å²) in [6.45, 7) is 4.93. The lowest BCUT2D eigenvalue weighted by Gasteiger charge is -2.33. The average Bonchev–Trinajstić information content (AvgIpc) is 2.46. The number of sulfonamides is 1. The van der Waals surface area contributed by atoms with E-state index in [1.54, 1.807) is 0 Å². The molecule has 2 aliphatic rings. The van der Waals surface area contributed by atoms with Crippen LogP contribution in [0.1, 0.15) is 58.3 Å². The summed E-state index contributed by atoms with van der Waals surface area (Å²) in [4.78, 5) is 0. The van der Waals surface area contributed by atoms with Crippen molar-refractivity contribution in [3.8, 4) is 0 Å². The fourth-order valence-corrected chi connectivity index (χ4v) is 4.79. The molecule has 2 rings (SSSR count). The van der Waals surface area contributed by atoms with E-state index in [0.29, 0.717) is 18.2 Å². The van der Waals surface area contributed by atoms with Gasteiger partial charge < -0.3 is 5.32 Å². The van der Waals surface area contributed by atoms with Crippen molar-refractivity contribution in [2.75, 3.05) is 25.4 Å². The van der Waals surface area contributed by atoms with Crippen molar-refractivity contribution in [2.45, 2.75) is 58.3 Å². The Balaban J connectivity index is 1.72. The summed E-state index contributed by atoms with van der Waals surface area (Å²) in [7, 11) is -3.09. The first-order valence-electron chi connectivity index (χ1n) is 8.17. The summed E-state index contributed by atoms with van der Waals surface area (Å²) in [6, 6.07) is 0. The van der Waals surface area contributed by atoms with E-state index in [2.05, 4.69) is 17.0 Å². The molecule has 0 spiro atoms. The van der Waals surface area contributed by atoms with Crippen LogP contribution >= 0.6 is 0 Å². The van der Waals surface area contributed by atoms with Crippen molar-refractivity contribution in [1.29, 1.82) is 0 Å². The molecule has 4 nitrogen and oxygen atoms in total. The zero-order valence-electron chi connectivity index (χ0n) is 12.8. The van der Waals surface area contributed by atoms with Gasteiger partial charge in [-0.2, -0.15) is 0 Å². The zero-order chi connectivity index (χ0) is 14.5. The van der Waals surface area contributed by atoms with E-state index in [4.69, 9.17) is 0 Å². The third-order valence-electron chi connectivity index (χ3n) is 5.03. The molecule has 5 heteroatoms. The van der Waals surface area contributed by atoms with Crippen LogP contribution in [0.2, 0.25) is 0 Å². The second-order valence-corrected chi connectivity index (χ2v) is 8.92. The molecule has 118 valence electrons. The van der Waals surface area contributed by atoms with E-state index < -0.39 is 10.0 Å². The van der Waals surface area contributed by atoms with Crippen molar-refractivity contribution in [3.05, 3.63) is 0 Å². The van der Waals surface area contributed by atoms with Crippen molar-refractivity contribution in [1.82, 2.24) is 10.0 Å². The summed E-state index contributed by atoms with van der Waals surface area (Å²) >= 11 is 0. The molecule has 1 saturated carbocycles. The first-order valence-corrected chi connectivity index (χ1v) is 9.82. The Hall–Kier alpha value is -0.130. The van der Waals surface area contributed by atoms with Crippen molar-refractivity contribution in [3.63, 3.8) is 0 Å². The molecule has 0 unspecified atom stereocenters. The lowest BCUT2D eigenvalue weighted by molar-refractivity contribution is 0.219. The zero-order valence-corrected chi connectivity index (χ0v) is 13.6. The van der Waals surface area contributed by atoms with Gasteiger partial charge in [-0.1, -0.05) is 26.2 Å². The molecule has 1 aliphatic heterocycles. The molecular formula is C15H30N2O2S. The van der Waals surface area contributed by atoms with Crippen molar-refractivity contribution in [2.24, 2.45) is 11.3 Å². The molecule has 0 amide bonds. The summed E-state index contributed by atoms with van der Waals surface area (Å²) < 4.78 is 27.1. The first kappa shape index (κ1) is 16.2. The molecule has 0 aromatic heterocycles. The molecule has 0 aromatic rings. The Bertz CT molecular complexity index is 383. The quantitative estimate of drug-likeness (QED) is 0.791. The van der Waals surface area contributed by atoms with Crippen LogP contribution in [0.15, 0.2) is 0 Å². The van der Waals surface area contributed by atoms with Crippen LogP contribution in [-0.2, 0) is 10.0 Å². The average molecular weight is 302 g/mol. The van der Waals surface area contributed by atoms with E-state index in [1.165, 1.54) is 19.3 Å². The molecule has 0 bridgehead atoms. The van der Waals surface area contributed by atoms with Gasteiger partial charge in [0.05, 0.1) is 5.75 Å². The molecule has 1 saturated heterocycles. The van der Waals surface area contributed by atoms with Gasteiger partial charge in [0.15, 0.2) is 0 Å². The predicted molar refractivity (Wildman–Crippen MR) is 83.2 cm³/mol. The topological polar surface area (TPSA) is 58.2 Å². The van der Waals surface area contributed by atoms with Gasteiger partial charge in [-0.15, -0.1) is 0 Å². The minimum atomic E-state index is -3.09. The van der Waals surface area contributed by atoms with Gasteiger partial charge >= 0.3 is 0 Å². The molecule has 0 aromatic carbocycles. The smallest absolute Gasteiger partial charge is 0.211 e. The van der Waals surface area contributed by atoms with Crippen LogP contribution in [0.5, 0.6) is 0 Å². The fourth-order valence-electron chi connectivity index (χ4n) is 3.43.